The largest absolute Gasteiger partial charge is 0.340 e. The van der Waals surface area contributed by atoms with Crippen molar-refractivity contribution in [2.45, 2.75) is 19.4 Å². The number of hydrogen-bond donors (Lipinski definition) is 0. The van der Waals surface area contributed by atoms with E-state index in [1.54, 1.807) is 0 Å². The summed E-state index contributed by atoms with van der Waals surface area (Å²) in [6.45, 7) is 2.94. The first-order valence-corrected chi connectivity index (χ1v) is 9.99. The van der Waals surface area contributed by atoms with Crippen LogP contribution in [0.4, 0.5) is 5.95 Å². The van der Waals surface area contributed by atoms with Gasteiger partial charge in [-0.25, -0.2) is 19.6 Å². The van der Waals surface area contributed by atoms with Crippen LogP contribution >= 0.6 is 0 Å². The van der Waals surface area contributed by atoms with Crippen molar-refractivity contribution in [3.05, 3.63) is 73.7 Å². The maximum absolute atomic E-state index is 4.85. The number of aromatic nitrogens is 6. The van der Waals surface area contributed by atoms with Crippen molar-refractivity contribution in [1.82, 2.24) is 29.3 Å². The predicted octanol–water partition coefficient (Wildman–Crippen LogP) is 3.44. The molecule has 0 N–H and O–H groups in total. The monoisotopic (exact) mass is 385 g/mol. The van der Waals surface area contributed by atoms with Crippen LogP contribution in [0.3, 0.4) is 0 Å². The van der Waals surface area contributed by atoms with Gasteiger partial charge in [-0.05, 0) is 37.0 Å². The fourth-order valence-corrected chi connectivity index (χ4v) is 3.93. The molecule has 7 nitrogen and oxygen atoms in total. The molecule has 1 atom stereocenters. The van der Waals surface area contributed by atoms with Gasteiger partial charge in [-0.1, -0.05) is 18.2 Å². The Kier molecular flexibility index (Phi) is 4.78. The van der Waals surface area contributed by atoms with Gasteiger partial charge in [-0.3, -0.25) is 0 Å². The molecule has 4 heterocycles. The normalized spacial score (nSPS) is 16.8. The molecular weight excluding hydrogens is 362 g/mol. The van der Waals surface area contributed by atoms with Gasteiger partial charge >= 0.3 is 0 Å². The van der Waals surface area contributed by atoms with Gasteiger partial charge in [-0.15, -0.1) is 0 Å². The van der Waals surface area contributed by atoms with Crippen molar-refractivity contribution < 1.29 is 0 Å². The SMILES string of the molecule is c1ccc(-n2cc(-c3ccnc(N4CCC[C@@H](Cn5ccnc5)C4)n3)cn2)cc1. The second kappa shape index (κ2) is 7.87. The van der Waals surface area contributed by atoms with Crippen LogP contribution in [0, 0.1) is 5.92 Å². The smallest absolute Gasteiger partial charge is 0.225 e. The van der Waals surface area contributed by atoms with Gasteiger partial charge in [0.15, 0.2) is 0 Å². The van der Waals surface area contributed by atoms with Crippen LogP contribution in [0.2, 0.25) is 0 Å². The van der Waals surface area contributed by atoms with E-state index >= 15 is 0 Å². The molecule has 1 fully saturated rings. The highest BCUT2D eigenvalue weighted by atomic mass is 15.3. The minimum Gasteiger partial charge on any atom is -0.340 e. The van der Waals surface area contributed by atoms with Gasteiger partial charge < -0.3 is 9.47 Å². The van der Waals surface area contributed by atoms with Crippen LogP contribution < -0.4 is 4.90 Å². The molecular formula is C22H23N7. The third-order valence-electron chi connectivity index (χ3n) is 5.37. The molecule has 1 aliphatic heterocycles. The van der Waals surface area contributed by atoms with Crippen LogP contribution in [0.5, 0.6) is 0 Å². The Labute approximate surface area is 169 Å². The van der Waals surface area contributed by atoms with Gasteiger partial charge in [0.05, 0.1) is 23.9 Å². The van der Waals surface area contributed by atoms with Crippen molar-refractivity contribution >= 4 is 5.95 Å². The maximum Gasteiger partial charge on any atom is 0.225 e. The Bertz CT molecular complexity index is 1060. The molecule has 0 aliphatic carbocycles. The Hall–Kier alpha value is -3.48. The number of rotatable bonds is 5. The van der Waals surface area contributed by atoms with Crippen LogP contribution in [-0.2, 0) is 6.54 Å². The summed E-state index contributed by atoms with van der Waals surface area (Å²) >= 11 is 0. The van der Waals surface area contributed by atoms with Gasteiger partial charge in [0.2, 0.25) is 5.95 Å². The molecule has 5 rings (SSSR count). The van der Waals surface area contributed by atoms with E-state index in [1.165, 1.54) is 6.42 Å². The zero-order chi connectivity index (χ0) is 19.5. The van der Waals surface area contributed by atoms with E-state index in [0.29, 0.717) is 5.92 Å². The Balaban J connectivity index is 1.34. The number of hydrogen-bond acceptors (Lipinski definition) is 5. The number of benzene rings is 1. The number of para-hydroxylation sites is 1. The zero-order valence-electron chi connectivity index (χ0n) is 16.2. The van der Waals surface area contributed by atoms with E-state index in [4.69, 9.17) is 4.98 Å². The second-order valence-electron chi connectivity index (χ2n) is 7.46. The molecule has 0 spiro atoms. The van der Waals surface area contributed by atoms with Gasteiger partial charge in [0.1, 0.15) is 0 Å². The Morgan fingerprint density at radius 1 is 1.07 bits per heavy atom. The summed E-state index contributed by atoms with van der Waals surface area (Å²) in [4.78, 5) is 15.9. The third-order valence-corrected chi connectivity index (χ3v) is 5.37. The van der Waals surface area contributed by atoms with Crippen molar-refractivity contribution in [3.8, 4) is 16.9 Å². The molecule has 0 bridgehead atoms. The number of anilines is 1. The highest BCUT2D eigenvalue weighted by Crippen LogP contribution is 2.24. The fraction of sp³-hybridized carbons (Fsp3) is 0.273. The van der Waals surface area contributed by atoms with Crippen LogP contribution in [0.25, 0.3) is 16.9 Å². The lowest BCUT2D eigenvalue weighted by atomic mass is 9.98. The van der Waals surface area contributed by atoms with Crippen molar-refractivity contribution in [3.63, 3.8) is 0 Å². The lowest BCUT2D eigenvalue weighted by Crippen LogP contribution is -2.38. The van der Waals surface area contributed by atoms with E-state index in [0.717, 1.165) is 48.9 Å². The molecule has 1 saturated heterocycles. The molecule has 29 heavy (non-hydrogen) atoms. The molecule has 0 saturated carbocycles. The number of imidazole rings is 1. The molecule has 7 heteroatoms. The molecule has 4 aromatic rings. The maximum atomic E-state index is 4.85. The first-order chi connectivity index (χ1) is 14.3. The average molecular weight is 385 g/mol. The quantitative estimate of drug-likeness (QED) is 0.527. The Morgan fingerprint density at radius 2 is 2.00 bits per heavy atom. The summed E-state index contributed by atoms with van der Waals surface area (Å²) in [6.07, 6.45) is 13.8. The second-order valence-corrected chi connectivity index (χ2v) is 7.46. The molecule has 0 radical (unpaired) electrons. The summed E-state index contributed by atoms with van der Waals surface area (Å²) in [7, 11) is 0. The summed E-state index contributed by atoms with van der Waals surface area (Å²) < 4.78 is 4.03. The van der Waals surface area contributed by atoms with E-state index < -0.39 is 0 Å². The van der Waals surface area contributed by atoms with E-state index in [1.807, 2.05) is 78.4 Å². The number of nitrogens with zero attached hydrogens (tertiary/aromatic N) is 7. The predicted molar refractivity (Wildman–Crippen MR) is 112 cm³/mol. The molecule has 1 aliphatic rings. The third kappa shape index (κ3) is 3.89. The molecule has 0 unspecified atom stereocenters. The first kappa shape index (κ1) is 17.6. The average Bonchev–Trinajstić information content (AvgIpc) is 3.47. The Morgan fingerprint density at radius 3 is 2.86 bits per heavy atom. The summed E-state index contributed by atoms with van der Waals surface area (Å²) in [5.74, 6) is 1.37. The lowest BCUT2D eigenvalue weighted by Gasteiger charge is -2.33. The minimum absolute atomic E-state index is 0.575. The number of piperidine rings is 1. The van der Waals surface area contributed by atoms with Gasteiger partial charge in [-0.2, -0.15) is 5.10 Å². The van der Waals surface area contributed by atoms with Crippen molar-refractivity contribution in [2.75, 3.05) is 18.0 Å². The molecule has 1 aromatic carbocycles. The first-order valence-electron chi connectivity index (χ1n) is 9.99. The van der Waals surface area contributed by atoms with Crippen LogP contribution in [0.15, 0.2) is 73.7 Å². The topological polar surface area (TPSA) is 64.7 Å². The highest BCUT2D eigenvalue weighted by molar-refractivity contribution is 5.59. The standard InChI is InChI=1S/C22H23N7/c1-2-6-20(7-3-1)29-16-19(13-25-29)21-8-9-24-22(26-21)28-11-4-5-18(15-28)14-27-12-10-23-17-27/h1-3,6-10,12-13,16-18H,4-5,11,14-15H2/t18-/m0/s1. The van der Waals surface area contributed by atoms with Crippen molar-refractivity contribution in [2.24, 2.45) is 5.92 Å². The molecule has 3 aromatic heterocycles. The zero-order valence-corrected chi connectivity index (χ0v) is 16.2. The summed E-state index contributed by atoms with van der Waals surface area (Å²) in [5, 5.41) is 4.49. The van der Waals surface area contributed by atoms with Gasteiger partial charge in [0.25, 0.3) is 0 Å². The lowest BCUT2D eigenvalue weighted by molar-refractivity contribution is 0.364. The van der Waals surface area contributed by atoms with E-state index in [-0.39, 0.29) is 0 Å². The van der Waals surface area contributed by atoms with Crippen molar-refractivity contribution in [1.29, 1.82) is 0 Å². The van der Waals surface area contributed by atoms with E-state index in [9.17, 15) is 0 Å². The highest BCUT2D eigenvalue weighted by Gasteiger charge is 2.22. The summed E-state index contributed by atoms with van der Waals surface area (Å²) in [5.41, 5.74) is 2.92. The minimum atomic E-state index is 0.575. The molecule has 0 amide bonds. The van der Waals surface area contributed by atoms with Gasteiger partial charge in [0, 0.05) is 50.0 Å². The van der Waals surface area contributed by atoms with E-state index in [2.05, 4.69) is 24.5 Å². The summed E-state index contributed by atoms with van der Waals surface area (Å²) in [6, 6.07) is 12.0. The fourth-order valence-electron chi connectivity index (χ4n) is 3.93. The van der Waals surface area contributed by atoms with Crippen LogP contribution in [-0.4, -0.2) is 42.4 Å². The molecule has 146 valence electrons. The van der Waals surface area contributed by atoms with Crippen LogP contribution in [0.1, 0.15) is 12.8 Å².